The Labute approximate surface area is 124 Å². The summed E-state index contributed by atoms with van der Waals surface area (Å²) >= 11 is 2.74. The molecule has 21 heavy (non-hydrogen) atoms. The summed E-state index contributed by atoms with van der Waals surface area (Å²) in [5, 5.41) is 0. The average molecular weight is 387 g/mol. The van der Waals surface area contributed by atoms with Crippen LogP contribution in [0.3, 0.4) is 0 Å². The lowest BCUT2D eigenvalue weighted by atomic mass is 10.3. The van der Waals surface area contributed by atoms with Gasteiger partial charge < -0.3 is 8.75 Å². The maximum absolute atomic E-state index is 12.4. The van der Waals surface area contributed by atoms with Gasteiger partial charge in [0.2, 0.25) is 0 Å². The first-order valence-electron chi connectivity index (χ1n) is 5.20. The molecule has 0 amide bonds. The van der Waals surface area contributed by atoms with Crippen LogP contribution in [-0.2, 0) is 17.2 Å². The van der Waals surface area contributed by atoms with Crippen LogP contribution in [0.5, 0.6) is 5.75 Å². The molecule has 0 aliphatic carbocycles. The average Bonchev–Trinajstić information content (AvgIpc) is 2.40. The molecule has 0 atom stereocenters. The topological polar surface area (TPSA) is 78.3 Å². The summed E-state index contributed by atoms with van der Waals surface area (Å²) in [6, 6.07) is 2.83. The van der Waals surface area contributed by atoms with Crippen LogP contribution in [0.1, 0.15) is 0 Å². The fraction of sp³-hybridized carbons (Fsp3) is 0.200. The molecule has 2 heterocycles. The van der Waals surface area contributed by atoms with Gasteiger partial charge in [0.05, 0.1) is 5.52 Å². The van der Waals surface area contributed by atoms with Crippen molar-refractivity contribution in [1.82, 2.24) is 9.55 Å². The number of hydrogen-bond acceptors (Lipinski definition) is 5. The Morgan fingerprint density at radius 1 is 1.38 bits per heavy atom. The van der Waals surface area contributed by atoms with Crippen molar-refractivity contribution in [3.8, 4) is 5.75 Å². The zero-order valence-electron chi connectivity index (χ0n) is 10.2. The van der Waals surface area contributed by atoms with E-state index >= 15 is 0 Å². The molecule has 0 bridgehead atoms. The highest BCUT2D eigenvalue weighted by molar-refractivity contribution is 9.10. The Kier molecular flexibility index (Phi) is 3.74. The molecule has 0 spiro atoms. The van der Waals surface area contributed by atoms with Crippen LogP contribution >= 0.6 is 15.9 Å². The first kappa shape index (κ1) is 15.8. The van der Waals surface area contributed by atoms with E-state index in [2.05, 4.69) is 25.1 Å². The summed E-state index contributed by atoms with van der Waals surface area (Å²) in [4.78, 5) is 15.6. The van der Waals surface area contributed by atoms with Crippen LogP contribution in [0.25, 0.3) is 11.0 Å². The first-order chi connectivity index (χ1) is 9.56. The van der Waals surface area contributed by atoms with Crippen molar-refractivity contribution in [3.63, 3.8) is 0 Å². The summed E-state index contributed by atoms with van der Waals surface area (Å²) in [6.07, 6.45) is 1.23. The summed E-state index contributed by atoms with van der Waals surface area (Å²) in [5.41, 5.74) is -6.45. The van der Waals surface area contributed by atoms with Gasteiger partial charge in [-0.2, -0.15) is 21.6 Å². The number of rotatable bonds is 2. The summed E-state index contributed by atoms with van der Waals surface area (Å²) in [6.45, 7) is 0. The fourth-order valence-corrected chi connectivity index (χ4v) is 2.65. The van der Waals surface area contributed by atoms with Gasteiger partial charge in [0.1, 0.15) is 9.99 Å². The van der Waals surface area contributed by atoms with E-state index in [-0.39, 0.29) is 11.0 Å². The highest BCUT2D eigenvalue weighted by atomic mass is 79.9. The molecular formula is C10H6BrF3N2O4S. The summed E-state index contributed by atoms with van der Waals surface area (Å²) in [5.74, 6) is -0.800. The number of alkyl halides is 3. The quantitative estimate of drug-likeness (QED) is 0.581. The van der Waals surface area contributed by atoms with E-state index in [1.807, 2.05) is 0 Å². The second-order valence-electron chi connectivity index (χ2n) is 3.86. The fourth-order valence-electron chi connectivity index (χ4n) is 1.53. The maximum Gasteiger partial charge on any atom is 0.534 e. The van der Waals surface area contributed by atoms with Gasteiger partial charge in [0.15, 0.2) is 5.75 Å². The minimum absolute atomic E-state index is 0.123. The Morgan fingerprint density at radius 3 is 2.57 bits per heavy atom. The van der Waals surface area contributed by atoms with E-state index in [0.29, 0.717) is 0 Å². The van der Waals surface area contributed by atoms with Gasteiger partial charge in [-0.05, 0) is 28.1 Å². The minimum Gasteiger partial charge on any atom is -0.372 e. The molecule has 6 nitrogen and oxygen atoms in total. The molecule has 2 aromatic rings. The van der Waals surface area contributed by atoms with Crippen LogP contribution in [-0.4, -0.2) is 23.5 Å². The number of halogens is 4. The molecule has 2 rings (SSSR count). The minimum atomic E-state index is -5.91. The van der Waals surface area contributed by atoms with Gasteiger partial charge in [-0.3, -0.25) is 9.78 Å². The molecule has 0 unspecified atom stereocenters. The molecule has 0 aromatic carbocycles. The Balaban J connectivity index is 2.80. The standard InChI is InChI=1S/C10H6BrF3N2O4S/c1-16-5-3-2-4-15-7(5)8(6(11)9(16)17)20-21(18,19)10(12,13)14/h2-4H,1H3. The van der Waals surface area contributed by atoms with E-state index < -0.39 is 31.4 Å². The number of fused-ring (bicyclic) bond motifs is 1. The van der Waals surface area contributed by atoms with Crippen molar-refractivity contribution in [2.75, 3.05) is 0 Å². The predicted octanol–water partition coefficient (Wildman–Crippen LogP) is 1.92. The number of pyridine rings is 2. The molecule has 2 aromatic heterocycles. The Bertz CT molecular complexity index is 876. The highest BCUT2D eigenvalue weighted by Crippen LogP contribution is 2.34. The Hall–Kier alpha value is -1.62. The van der Waals surface area contributed by atoms with E-state index in [9.17, 15) is 26.4 Å². The van der Waals surface area contributed by atoms with Crippen LogP contribution in [0, 0.1) is 0 Å². The van der Waals surface area contributed by atoms with E-state index in [0.717, 1.165) is 4.57 Å². The number of aromatic nitrogens is 2. The Morgan fingerprint density at radius 2 is 2.00 bits per heavy atom. The highest BCUT2D eigenvalue weighted by Gasteiger charge is 2.49. The molecule has 0 aliphatic rings. The summed E-state index contributed by atoms with van der Waals surface area (Å²) < 4.78 is 64.1. The van der Waals surface area contributed by atoms with Gasteiger partial charge in [0, 0.05) is 13.2 Å². The molecule has 0 N–H and O–H groups in total. The van der Waals surface area contributed by atoms with Crippen molar-refractivity contribution >= 4 is 37.1 Å². The lowest BCUT2D eigenvalue weighted by Gasteiger charge is -2.13. The molecule has 0 fully saturated rings. The molecule has 0 saturated heterocycles. The van der Waals surface area contributed by atoms with Gasteiger partial charge >= 0.3 is 15.6 Å². The van der Waals surface area contributed by atoms with Crippen molar-refractivity contribution < 1.29 is 25.8 Å². The van der Waals surface area contributed by atoms with Gasteiger partial charge in [-0.15, -0.1) is 0 Å². The largest absolute Gasteiger partial charge is 0.534 e. The maximum atomic E-state index is 12.4. The van der Waals surface area contributed by atoms with Crippen LogP contribution in [0.2, 0.25) is 0 Å². The van der Waals surface area contributed by atoms with Crippen molar-refractivity contribution in [2.45, 2.75) is 5.51 Å². The SMILES string of the molecule is Cn1c(=O)c(Br)c(OS(=O)(=O)C(F)(F)F)c2ncccc21. The van der Waals surface area contributed by atoms with Crippen LogP contribution < -0.4 is 9.74 Å². The first-order valence-corrected chi connectivity index (χ1v) is 7.40. The normalized spacial score (nSPS) is 12.6. The van der Waals surface area contributed by atoms with Crippen LogP contribution in [0.15, 0.2) is 27.6 Å². The molecule has 0 radical (unpaired) electrons. The third kappa shape index (κ3) is 2.62. The molecule has 114 valence electrons. The predicted molar refractivity (Wildman–Crippen MR) is 70.3 cm³/mol. The zero-order valence-corrected chi connectivity index (χ0v) is 12.6. The number of aryl methyl sites for hydroxylation is 1. The van der Waals surface area contributed by atoms with E-state index in [1.54, 1.807) is 0 Å². The van der Waals surface area contributed by atoms with Crippen molar-refractivity contribution in [1.29, 1.82) is 0 Å². The van der Waals surface area contributed by atoms with Crippen molar-refractivity contribution in [3.05, 3.63) is 33.2 Å². The second kappa shape index (κ2) is 4.98. The smallest absolute Gasteiger partial charge is 0.372 e. The van der Waals surface area contributed by atoms with E-state index in [4.69, 9.17) is 0 Å². The van der Waals surface area contributed by atoms with Gasteiger partial charge in [-0.25, -0.2) is 0 Å². The lowest BCUT2D eigenvalue weighted by Crippen LogP contribution is -2.29. The third-order valence-corrected chi connectivity index (χ3v) is 4.18. The zero-order chi connectivity index (χ0) is 16.0. The van der Waals surface area contributed by atoms with E-state index in [1.165, 1.54) is 25.4 Å². The number of nitrogens with zero attached hydrogens (tertiary/aromatic N) is 2. The van der Waals surface area contributed by atoms with Crippen LogP contribution in [0.4, 0.5) is 13.2 Å². The molecule has 0 aliphatic heterocycles. The lowest BCUT2D eigenvalue weighted by molar-refractivity contribution is -0.0499. The third-order valence-electron chi connectivity index (χ3n) is 2.53. The molecular weight excluding hydrogens is 381 g/mol. The van der Waals surface area contributed by atoms with Crippen molar-refractivity contribution in [2.24, 2.45) is 7.05 Å². The van der Waals surface area contributed by atoms with Gasteiger partial charge in [0.25, 0.3) is 5.56 Å². The monoisotopic (exact) mass is 386 g/mol. The second-order valence-corrected chi connectivity index (χ2v) is 6.19. The molecule has 0 saturated carbocycles. The number of hydrogen-bond donors (Lipinski definition) is 0. The molecule has 11 heteroatoms. The summed E-state index contributed by atoms with van der Waals surface area (Å²) in [7, 11) is -4.55. The van der Waals surface area contributed by atoms with Gasteiger partial charge in [-0.1, -0.05) is 0 Å².